The molecule has 2 amide bonds. The summed E-state index contributed by atoms with van der Waals surface area (Å²) in [5.74, 6) is -0.539. The molecule has 0 saturated carbocycles. The number of benzene rings is 2. The largest absolute Gasteiger partial charge is 0.343 e. The molecular formula is C15H13BrN2O2. The van der Waals surface area contributed by atoms with Crippen molar-refractivity contribution >= 4 is 33.4 Å². The molecule has 2 N–H and O–H groups in total. The zero-order chi connectivity index (χ0) is 14.4. The number of carbonyl (C=O) groups excluding carboxylic acids is 2. The minimum absolute atomic E-state index is 0.0657. The number of nitrogens with one attached hydrogen (secondary N) is 2. The third kappa shape index (κ3) is 4.20. The fourth-order valence-corrected chi connectivity index (χ4v) is 1.85. The van der Waals surface area contributed by atoms with Crippen LogP contribution in [-0.2, 0) is 4.79 Å². The number of hydrogen-bond acceptors (Lipinski definition) is 2. The van der Waals surface area contributed by atoms with Gasteiger partial charge in [0.1, 0.15) is 0 Å². The highest BCUT2D eigenvalue weighted by Gasteiger charge is 2.07. The quantitative estimate of drug-likeness (QED) is 0.904. The van der Waals surface area contributed by atoms with Gasteiger partial charge in [-0.3, -0.25) is 9.59 Å². The van der Waals surface area contributed by atoms with Crippen LogP contribution in [0, 0.1) is 0 Å². The van der Waals surface area contributed by atoms with E-state index in [9.17, 15) is 9.59 Å². The van der Waals surface area contributed by atoms with Gasteiger partial charge in [0.15, 0.2) is 0 Å². The minimum atomic E-state index is -0.277. The van der Waals surface area contributed by atoms with E-state index in [1.807, 2.05) is 18.2 Å². The lowest BCUT2D eigenvalue weighted by atomic mass is 10.2. The lowest BCUT2D eigenvalue weighted by Crippen LogP contribution is -2.32. The van der Waals surface area contributed by atoms with Gasteiger partial charge < -0.3 is 10.6 Å². The summed E-state index contributed by atoms with van der Waals surface area (Å²) in [6, 6.07) is 16.0. The molecule has 4 nitrogen and oxygen atoms in total. The average molecular weight is 333 g/mol. The van der Waals surface area contributed by atoms with Crippen molar-refractivity contribution < 1.29 is 9.59 Å². The van der Waals surface area contributed by atoms with Crippen molar-refractivity contribution in [1.82, 2.24) is 5.32 Å². The van der Waals surface area contributed by atoms with E-state index in [1.54, 1.807) is 36.4 Å². The van der Waals surface area contributed by atoms with Gasteiger partial charge in [-0.15, -0.1) is 0 Å². The molecule has 0 atom stereocenters. The van der Waals surface area contributed by atoms with Crippen LogP contribution in [0.1, 0.15) is 10.4 Å². The van der Waals surface area contributed by atoms with Crippen molar-refractivity contribution in [1.29, 1.82) is 0 Å². The number of para-hydroxylation sites is 1. The van der Waals surface area contributed by atoms with Crippen molar-refractivity contribution in [3.63, 3.8) is 0 Å². The van der Waals surface area contributed by atoms with Gasteiger partial charge in [0.25, 0.3) is 5.91 Å². The zero-order valence-electron chi connectivity index (χ0n) is 10.6. The van der Waals surface area contributed by atoms with Gasteiger partial charge in [-0.25, -0.2) is 0 Å². The third-order valence-corrected chi connectivity index (χ3v) is 3.10. The lowest BCUT2D eigenvalue weighted by molar-refractivity contribution is -0.115. The maximum atomic E-state index is 11.8. The molecule has 20 heavy (non-hydrogen) atoms. The topological polar surface area (TPSA) is 58.2 Å². The fourth-order valence-electron chi connectivity index (χ4n) is 1.59. The van der Waals surface area contributed by atoms with E-state index in [0.717, 1.165) is 4.47 Å². The summed E-state index contributed by atoms with van der Waals surface area (Å²) in [6.45, 7) is -0.0657. The molecule has 0 radical (unpaired) electrons. The van der Waals surface area contributed by atoms with E-state index in [0.29, 0.717) is 11.3 Å². The zero-order valence-corrected chi connectivity index (χ0v) is 12.2. The molecule has 0 fully saturated rings. The molecule has 0 spiro atoms. The first-order valence-corrected chi connectivity index (χ1v) is 6.83. The van der Waals surface area contributed by atoms with Crippen LogP contribution in [0.2, 0.25) is 0 Å². The Morgan fingerprint density at radius 3 is 2.25 bits per heavy atom. The molecular weight excluding hydrogens is 320 g/mol. The van der Waals surface area contributed by atoms with E-state index in [1.165, 1.54) is 0 Å². The molecule has 0 unspecified atom stereocenters. The lowest BCUT2D eigenvalue weighted by Gasteiger charge is -2.07. The SMILES string of the molecule is O=C(CNC(=O)c1ccc(Br)cc1)Nc1ccccc1. The molecule has 2 aromatic rings. The predicted octanol–water partition coefficient (Wildman–Crippen LogP) is 2.82. The molecule has 2 aromatic carbocycles. The number of anilines is 1. The number of rotatable bonds is 4. The predicted molar refractivity (Wildman–Crippen MR) is 81.5 cm³/mol. The highest BCUT2D eigenvalue weighted by atomic mass is 79.9. The highest BCUT2D eigenvalue weighted by Crippen LogP contribution is 2.10. The van der Waals surface area contributed by atoms with Crippen LogP contribution >= 0.6 is 15.9 Å². The maximum Gasteiger partial charge on any atom is 0.251 e. The molecule has 0 aliphatic carbocycles. The van der Waals surface area contributed by atoms with Crippen LogP contribution in [0.15, 0.2) is 59.1 Å². The van der Waals surface area contributed by atoms with Crippen LogP contribution in [-0.4, -0.2) is 18.4 Å². The molecule has 0 bridgehead atoms. The van der Waals surface area contributed by atoms with Gasteiger partial charge in [-0.05, 0) is 36.4 Å². The summed E-state index contributed by atoms with van der Waals surface area (Å²) >= 11 is 3.30. The first kappa shape index (κ1) is 14.3. The molecule has 102 valence electrons. The molecule has 5 heteroatoms. The van der Waals surface area contributed by atoms with Gasteiger partial charge in [-0.2, -0.15) is 0 Å². The smallest absolute Gasteiger partial charge is 0.251 e. The van der Waals surface area contributed by atoms with Gasteiger partial charge in [0.2, 0.25) is 5.91 Å². The molecule has 0 aromatic heterocycles. The van der Waals surface area contributed by atoms with Crippen LogP contribution in [0.3, 0.4) is 0 Å². The normalized spacial score (nSPS) is 9.85. The Bertz CT molecular complexity index is 597. The minimum Gasteiger partial charge on any atom is -0.343 e. The summed E-state index contributed by atoms with van der Waals surface area (Å²) in [6.07, 6.45) is 0. The number of carbonyl (C=O) groups is 2. The second kappa shape index (κ2) is 6.86. The second-order valence-electron chi connectivity index (χ2n) is 4.10. The molecule has 0 aliphatic rings. The Morgan fingerprint density at radius 2 is 1.60 bits per heavy atom. The van der Waals surface area contributed by atoms with Gasteiger partial charge in [0, 0.05) is 15.7 Å². The Balaban J connectivity index is 1.84. The van der Waals surface area contributed by atoms with E-state index >= 15 is 0 Å². The highest BCUT2D eigenvalue weighted by molar-refractivity contribution is 9.10. The second-order valence-corrected chi connectivity index (χ2v) is 5.02. The van der Waals surface area contributed by atoms with Crippen molar-refractivity contribution in [2.45, 2.75) is 0 Å². The summed E-state index contributed by atoms with van der Waals surface area (Å²) in [5.41, 5.74) is 1.22. The molecule has 0 aliphatic heterocycles. The van der Waals surface area contributed by atoms with E-state index < -0.39 is 0 Å². The van der Waals surface area contributed by atoms with Crippen LogP contribution in [0.25, 0.3) is 0 Å². The third-order valence-electron chi connectivity index (χ3n) is 2.57. The van der Waals surface area contributed by atoms with E-state index in [4.69, 9.17) is 0 Å². The van der Waals surface area contributed by atoms with E-state index in [2.05, 4.69) is 26.6 Å². The molecule has 0 saturated heterocycles. The Morgan fingerprint density at radius 1 is 0.950 bits per heavy atom. The number of amides is 2. The molecule has 0 heterocycles. The first-order chi connectivity index (χ1) is 9.65. The van der Waals surface area contributed by atoms with Gasteiger partial charge in [-0.1, -0.05) is 34.1 Å². The van der Waals surface area contributed by atoms with Crippen molar-refractivity contribution in [3.8, 4) is 0 Å². The maximum absolute atomic E-state index is 11.8. The summed E-state index contributed by atoms with van der Waals surface area (Å²) in [7, 11) is 0. The fraction of sp³-hybridized carbons (Fsp3) is 0.0667. The standard InChI is InChI=1S/C15H13BrN2O2/c16-12-8-6-11(7-9-12)15(20)17-10-14(19)18-13-4-2-1-3-5-13/h1-9H,10H2,(H,17,20)(H,18,19). The summed E-state index contributed by atoms with van der Waals surface area (Å²) < 4.78 is 0.899. The average Bonchev–Trinajstić information content (AvgIpc) is 2.46. The van der Waals surface area contributed by atoms with Crippen molar-refractivity contribution in [2.24, 2.45) is 0 Å². The Labute approximate surface area is 125 Å². The van der Waals surface area contributed by atoms with Crippen LogP contribution in [0.4, 0.5) is 5.69 Å². The van der Waals surface area contributed by atoms with Crippen molar-refractivity contribution in [2.75, 3.05) is 11.9 Å². The Kier molecular flexibility index (Phi) is 4.90. The van der Waals surface area contributed by atoms with Gasteiger partial charge in [0.05, 0.1) is 6.54 Å². The monoisotopic (exact) mass is 332 g/mol. The van der Waals surface area contributed by atoms with Crippen LogP contribution in [0.5, 0.6) is 0 Å². The van der Waals surface area contributed by atoms with Crippen LogP contribution < -0.4 is 10.6 Å². The summed E-state index contributed by atoms with van der Waals surface area (Å²) in [4.78, 5) is 23.5. The molecule has 2 rings (SSSR count). The summed E-state index contributed by atoms with van der Waals surface area (Å²) in [5, 5.41) is 5.27. The van der Waals surface area contributed by atoms with Gasteiger partial charge >= 0.3 is 0 Å². The van der Waals surface area contributed by atoms with E-state index in [-0.39, 0.29) is 18.4 Å². The Hall–Kier alpha value is -2.14. The number of hydrogen-bond donors (Lipinski definition) is 2. The van der Waals surface area contributed by atoms with Crippen molar-refractivity contribution in [3.05, 3.63) is 64.6 Å². The number of halogens is 1. The first-order valence-electron chi connectivity index (χ1n) is 6.04.